The van der Waals surface area contributed by atoms with Crippen LogP contribution < -0.4 is 5.73 Å². The Morgan fingerprint density at radius 2 is 1.69 bits per heavy atom. The first-order valence-corrected chi connectivity index (χ1v) is 3.71. The highest BCUT2D eigenvalue weighted by molar-refractivity contribution is 4.86. The van der Waals surface area contributed by atoms with E-state index >= 15 is 0 Å². The Hall–Kier alpha value is -0.360. The molecule has 0 amide bonds. The molecule has 0 aromatic heterocycles. The van der Waals surface area contributed by atoms with Crippen LogP contribution in [0.1, 0.15) is 20.3 Å². The molecule has 0 heterocycles. The lowest BCUT2D eigenvalue weighted by molar-refractivity contribution is -0.144. The van der Waals surface area contributed by atoms with Crippen molar-refractivity contribution < 1.29 is 22.7 Å². The van der Waals surface area contributed by atoms with Gasteiger partial charge in [-0.05, 0) is 13.8 Å². The monoisotopic (exact) mass is 203 g/mol. The summed E-state index contributed by atoms with van der Waals surface area (Å²) in [5.74, 6) is -4.14. The van der Waals surface area contributed by atoms with Gasteiger partial charge in [0.1, 0.15) is 0 Å². The molecule has 0 bridgehead atoms. The fourth-order valence-electron chi connectivity index (χ4n) is 0.632. The summed E-state index contributed by atoms with van der Waals surface area (Å²) in [7, 11) is 0. The van der Waals surface area contributed by atoms with Crippen LogP contribution in [0.4, 0.5) is 17.6 Å². The van der Waals surface area contributed by atoms with Crippen molar-refractivity contribution in [3.05, 3.63) is 0 Å². The summed E-state index contributed by atoms with van der Waals surface area (Å²) >= 11 is 0. The minimum Gasteiger partial charge on any atom is -0.389 e. The maximum Gasteiger partial charge on any atom is 0.309 e. The third kappa shape index (κ3) is 3.91. The molecule has 13 heavy (non-hydrogen) atoms. The zero-order valence-electron chi connectivity index (χ0n) is 7.40. The summed E-state index contributed by atoms with van der Waals surface area (Å²) in [4.78, 5) is 0. The van der Waals surface area contributed by atoms with Crippen molar-refractivity contribution in [3.63, 3.8) is 0 Å². The fraction of sp³-hybridized carbons (Fsp3) is 1.00. The number of alkyl halides is 4. The molecule has 0 fully saturated rings. The Morgan fingerprint density at radius 1 is 1.31 bits per heavy atom. The quantitative estimate of drug-likeness (QED) is 0.678. The van der Waals surface area contributed by atoms with E-state index in [1.165, 1.54) is 13.8 Å². The van der Waals surface area contributed by atoms with Crippen LogP contribution in [0.15, 0.2) is 0 Å². The van der Waals surface area contributed by atoms with Gasteiger partial charge in [-0.1, -0.05) is 0 Å². The second kappa shape index (κ2) is 3.79. The van der Waals surface area contributed by atoms with Crippen molar-refractivity contribution in [3.8, 4) is 0 Å². The van der Waals surface area contributed by atoms with Gasteiger partial charge in [0.15, 0.2) is 0 Å². The molecule has 2 nitrogen and oxygen atoms in total. The first-order chi connectivity index (χ1) is 5.57. The normalized spacial score (nSPS) is 16.4. The summed E-state index contributed by atoms with van der Waals surface area (Å²) < 4.78 is 48.1. The van der Waals surface area contributed by atoms with Gasteiger partial charge in [0.05, 0.1) is 5.60 Å². The molecule has 1 atom stereocenters. The molecule has 0 aromatic rings. The van der Waals surface area contributed by atoms with Crippen molar-refractivity contribution in [2.24, 2.45) is 5.73 Å². The SMILES string of the molecule is CC(C)(O)C(N)CC(F)(F)C(F)F. The van der Waals surface area contributed by atoms with Gasteiger partial charge in [-0.3, -0.25) is 0 Å². The topological polar surface area (TPSA) is 46.2 Å². The molecule has 0 radical (unpaired) electrons. The molecular formula is C7H13F4NO. The Bertz CT molecular complexity index is 166. The summed E-state index contributed by atoms with van der Waals surface area (Å²) in [6.07, 6.45) is -4.98. The first-order valence-electron chi connectivity index (χ1n) is 3.71. The Labute approximate surface area is 73.7 Å². The second-order valence-corrected chi connectivity index (χ2v) is 3.53. The van der Waals surface area contributed by atoms with Gasteiger partial charge in [-0.15, -0.1) is 0 Å². The third-order valence-electron chi connectivity index (χ3n) is 1.72. The lowest BCUT2D eigenvalue weighted by Gasteiger charge is -2.28. The average Bonchev–Trinajstić information content (AvgIpc) is 1.83. The molecule has 0 spiro atoms. The van der Waals surface area contributed by atoms with Crippen molar-refractivity contribution in [2.45, 2.75) is 44.3 Å². The molecule has 0 saturated heterocycles. The summed E-state index contributed by atoms with van der Waals surface area (Å²) in [6, 6.07) is -1.38. The largest absolute Gasteiger partial charge is 0.389 e. The number of aliphatic hydroxyl groups is 1. The van der Waals surface area contributed by atoms with E-state index < -0.39 is 30.4 Å². The smallest absolute Gasteiger partial charge is 0.309 e. The van der Waals surface area contributed by atoms with E-state index in [2.05, 4.69) is 0 Å². The predicted octanol–water partition coefficient (Wildman–Crippen LogP) is 1.38. The van der Waals surface area contributed by atoms with Gasteiger partial charge < -0.3 is 10.8 Å². The van der Waals surface area contributed by atoms with E-state index in [1.54, 1.807) is 0 Å². The second-order valence-electron chi connectivity index (χ2n) is 3.53. The molecule has 1 unspecified atom stereocenters. The zero-order chi connectivity index (χ0) is 10.9. The number of rotatable bonds is 4. The maximum absolute atomic E-state index is 12.4. The molecule has 0 aromatic carbocycles. The van der Waals surface area contributed by atoms with E-state index in [1.807, 2.05) is 0 Å². The van der Waals surface area contributed by atoms with Gasteiger partial charge in [0, 0.05) is 12.5 Å². The van der Waals surface area contributed by atoms with Crippen molar-refractivity contribution in [1.29, 1.82) is 0 Å². The van der Waals surface area contributed by atoms with Crippen molar-refractivity contribution in [2.75, 3.05) is 0 Å². The van der Waals surface area contributed by atoms with Gasteiger partial charge >= 0.3 is 12.3 Å². The van der Waals surface area contributed by atoms with Gasteiger partial charge in [-0.25, -0.2) is 17.6 Å². The van der Waals surface area contributed by atoms with Crippen LogP contribution in [0, 0.1) is 0 Å². The van der Waals surface area contributed by atoms with Gasteiger partial charge in [0.25, 0.3) is 0 Å². The Morgan fingerprint density at radius 3 is 1.92 bits per heavy atom. The van der Waals surface area contributed by atoms with E-state index in [0.29, 0.717) is 0 Å². The standard InChI is InChI=1S/C7H13F4NO/c1-6(2,13)4(12)3-7(10,11)5(8)9/h4-5,13H,3,12H2,1-2H3. The number of hydrogen-bond donors (Lipinski definition) is 2. The number of halogens is 4. The van der Waals surface area contributed by atoms with Gasteiger partial charge in [0.2, 0.25) is 0 Å². The molecule has 80 valence electrons. The van der Waals surface area contributed by atoms with Crippen molar-refractivity contribution >= 4 is 0 Å². The molecular weight excluding hydrogens is 190 g/mol. The Kier molecular flexibility index (Phi) is 3.69. The van der Waals surface area contributed by atoms with Crippen LogP contribution in [-0.4, -0.2) is 29.1 Å². The summed E-state index contributed by atoms with van der Waals surface area (Å²) in [5, 5.41) is 9.13. The van der Waals surface area contributed by atoms with Gasteiger partial charge in [-0.2, -0.15) is 0 Å². The lowest BCUT2D eigenvalue weighted by Crippen LogP contribution is -2.48. The lowest BCUT2D eigenvalue weighted by atomic mass is 9.94. The molecule has 0 rings (SSSR count). The van der Waals surface area contributed by atoms with E-state index in [4.69, 9.17) is 10.8 Å². The van der Waals surface area contributed by atoms with Crippen LogP contribution in [0.5, 0.6) is 0 Å². The number of hydrogen-bond acceptors (Lipinski definition) is 2. The highest BCUT2D eigenvalue weighted by Gasteiger charge is 2.44. The molecule has 0 saturated carbocycles. The predicted molar refractivity (Wildman–Crippen MR) is 39.8 cm³/mol. The first kappa shape index (κ1) is 12.6. The van der Waals surface area contributed by atoms with E-state index in [0.717, 1.165) is 0 Å². The van der Waals surface area contributed by atoms with Crippen molar-refractivity contribution in [1.82, 2.24) is 0 Å². The molecule has 0 aliphatic rings. The van der Waals surface area contributed by atoms with Crippen LogP contribution in [0.3, 0.4) is 0 Å². The average molecular weight is 203 g/mol. The van der Waals surface area contributed by atoms with Crippen LogP contribution in [-0.2, 0) is 0 Å². The van der Waals surface area contributed by atoms with E-state index in [-0.39, 0.29) is 0 Å². The van der Waals surface area contributed by atoms with Crippen LogP contribution in [0.25, 0.3) is 0 Å². The molecule has 0 aliphatic carbocycles. The van der Waals surface area contributed by atoms with Crippen LogP contribution in [0.2, 0.25) is 0 Å². The summed E-state index contributed by atoms with van der Waals surface area (Å²) in [6.45, 7) is 2.39. The third-order valence-corrected chi connectivity index (χ3v) is 1.72. The molecule has 6 heteroatoms. The summed E-state index contributed by atoms with van der Waals surface area (Å²) in [5.41, 5.74) is 3.53. The zero-order valence-corrected chi connectivity index (χ0v) is 7.40. The molecule has 3 N–H and O–H groups in total. The highest BCUT2D eigenvalue weighted by Crippen LogP contribution is 2.29. The Balaban J connectivity index is 4.28. The molecule has 0 aliphatic heterocycles. The number of nitrogens with two attached hydrogens (primary N) is 1. The van der Waals surface area contributed by atoms with Crippen LogP contribution >= 0.6 is 0 Å². The maximum atomic E-state index is 12.4. The minimum atomic E-state index is -4.14. The highest BCUT2D eigenvalue weighted by atomic mass is 19.3. The van der Waals surface area contributed by atoms with E-state index in [9.17, 15) is 17.6 Å². The minimum absolute atomic E-state index is 1.19. The fourth-order valence-corrected chi connectivity index (χ4v) is 0.632.